The molecule has 0 fully saturated rings. The molecular weight excluding hydrogens is 254 g/mol. The van der Waals surface area contributed by atoms with Crippen molar-refractivity contribution in [3.63, 3.8) is 0 Å². The Morgan fingerprint density at radius 1 is 1.26 bits per heavy atom. The fourth-order valence-corrected chi connectivity index (χ4v) is 2.87. The third kappa shape index (κ3) is 2.32. The van der Waals surface area contributed by atoms with Crippen LogP contribution < -0.4 is 5.73 Å². The van der Waals surface area contributed by atoms with E-state index in [-0.39, 0.29) is 0 Å². The third-order valence-corrected chi connectivity index (χ3v) is 3.95. The van der Waals surface area contributed by atoms with Gasteiger partial charge in [-0.05, 0) is 30.0 Å². The van der Waals surface area contributed by atoms with Crippen molar-refractivity contribution in [3.8, 4) is 22.0 Å². The number of aryl methyl sites for hydroxylation is 1. The molecular formula is C15H15N3S. The number of benzene rings is 1. The van der Waals surface area contributed by atoms with E-state index in [9.17, 15) is 0 Å². The van der Waals surface area contributed by atoms with Crippen molar-refractivity contribution in [3.05, 3.63) is 53.0 Å². The number of imidazole rings is 1. The van der Waals surface area contributed by atoms with Crippen molar-refractivity contribution >= 4 is 11.3 Å². The Bertz CT molecular complexity index is 683. The molecule has 0 bridgehead atoms. The monoisotopic (exact) mass is 269 g/mol. The molecule has 0 unspecified atom stereocenters. The van der Waals surface area contributed by atoms with E-state index in [1.54, 1.807) is 11.3 Å². The number of nitrogens with zero attached hydrogens (tertiary/aromatic N) is 1. The predicted octanol–water partition coefficient (Wildman–Crippen LogP) is 3.57. The summed E-state index contributed by atoms with van der Waals surface area (Å²) in [6.07, 6.45) is 0. The quantitative estimate of drug-likeness (QED) is 0.763. The zero-order valence-corrected chi connectivity index (χ0v) is 11.5. The van der Waals surface area contributed by atoms with Gasteiger partial charge in [-0.15, -0.1) is 11.3 Å². The van der Waals surface area contributed by atoms with Crippen LogP contribution in [0.15, 0.2) is 41.8 Å². The highest BCUT2D eigenvalue weighted by Crippen LogP contribution is 2.28. The lowest BCUT2D eigenvalue weighted by Crippen LogP contribution is -1.96. The van der Waals surface area contributed by atoms with Crippen LogP contribution in [0.1, 0.15) is 11.3 Å². The molecule has 0 radical (unpaired) electrons. The number of thiophene rings is 1. The van der Waals surface area contributed by atoms with Crippen LogP contribution in [0.3, 0.4) is 0 Å². The van der Waals surface area contributed by atoms with Crippen LogP contribution in [0.2, 0.25) is 0 Å². The first-order valence-corrected chi connectivity index (χ1v) is 7.06. The number of nitrogens with two attached hydrogens (primary N) is 1. The molecule has 4 heteroatoms. The number of hydrogen-bond acceptors (Lipinski definition) is 3. The van der Waals surface area contributed by atoms with Crippen LogP contribution >= 0.6 is 11.3 Å². The predicted molar refractivity (Wildman–Crippen MR) is 80.0 cm³/mol. The van der Waals surface area contributed by atoms with Gasteiger partial charge in [0, 0.05) is 17.8 Å². The van der Waals surface area contributed by atoms with Gasteiger partial charge in [0.1, 0.15) is 11.5 Å². The lowest BCUT2D eigenvalue weighted by atomic mass is 10.1. The minimum atomic E-state index is 0.547. The molecule has 0 amide bonds. The van der Waals surface area contributed by atoms with Crippen molar-refractivity contribution in [2.24, 2.45) is 5.73 Å². The van der Waals surface area contributed by atoms with Crippen LogP contribution in [0.25, 0.3) is 22.0 Å². The number of rotatable bonds is 3. The molecule has 3 nitrogen and oxygen atoms in total. The van der Waals surface area contributed by atoms with Crippen LogP contribution in [0.5, 0.6) is 0 Å². The molecule has 0 saturated heterocycles. The molecule has 0 aliphatic rings. The summed E-state index contributed by atoms with van der Waals surface area (Å²) >= 11 is 1.70. The minimum absolute atomic E-state index is 0.547. The van der Waals surface area contributed by atoms with E-state index in [1.807, 2.05) is 18.2 Å². The lowest BCUT2D eigenvalue weighted by molar-refractivity contribution is 1.07. The molecule has 19 heavy (non-hydrogen) atoms. The van der Waals surface area contributed by atoms with Gasteiger partial charge in [0.15, 0.2) is 0 Å². The highest BCUT2D eigenvalue weighted by atomic mass is 32.1. The standard InChI is InChI=1S/C15H15N3S/c1-10-14(13-6-3-7-19-13)18-15(17-10)12-5-2-4-11(8-12)9-16/h2-8H,9,16H2,1H3,(H,17,18). The van der Waals surface area contributed by atoms with Gasteiger partial charge in [-0.3, -0.25) is 0 Å². The molecule has 3 aromatic rings. The Balaban J connectivity index is 2.04. The second-order valence-electron chi connectivity index (χ2n) is 4.44. The summed E-state index contributed by atoms with van der Waals surface area (Å²) in [6.45, 7) is 2.60. The molecule has 0 spiro atoms. The number of aromatic amines is 1. The molecule has 96 valence electrons. The van der Waals surface area contributed by atoms with Gasteiger partial charge in [0.2, 0.25) is 0 Å². The molecule has 2 aromatic heterocycles. The van der Waals surface area contributed by atoms with Gasteiger partial charge in [-0.1, -0.05) is 24.3 Å². The smallest absolute Gasteiger partial charge is 0.138 e. The van der Waals surface area contributed by atoms with E-state index >= 15 is 0 Å². The first-order chi connectivity index (χ1) is 9.28. The maximum atomic E-state index is 5.68. The normalized spacial score (nSPS) is 10.8. The fraction of sp³-hybridized carbons (Fsp3) is 0.133. The molecule has 2 heterocycles. The fourth-order valence-electron chi connectivity index (χ4n) is 2.10. The number of nitrogens with one attached hydrogen (secondary N) is 1. The van der Waals surface area contributed by atoms with Crippen LogP contribution in [-0.4, -0.2) is 9.97 Å². The molecule has 0 aliphatic carbocycles. The number of hydrogen-bond donors (Lipinski definition) is 2. The molecule has 3 N–H and O–H groups in total. The van der Waals surface area contributed by atoms with Crippen LogP contribution in [-0.2, 0) is 6.54 Å². The topological polar surface area (TPSA) is 54.7 Å². The molecule has 1 aromatic carbocycles. The van der Waals surface area contributed by atoms with Crippen LogP contribution in [0.4, 0.5) is 0 Å². The highest BCUT2D eigenvalue weighted by molar-refractivity contribution is 7.13. The Labute approximate surface area is 116 Å². The van der Waals surface area contributed by atoms with Crippen molar-refractivity contribution in [2.75, 3.05) is 0 Å². The SMILES string of the molecule is Cc1[nH]c(-c2cccc(CN)c2)nc1-c1cccs1. The van der Waals surface area contributed by atoms with Crippen molar-refractivity contribution in [1.29, 1.82) is 0 Å². The highest BCUT2D eigenvalue weighted by Gasteiger charge is 2.11. The lowest BCUT2D eigenvalue weighted by Gasteiger charge is -2.00. The summed E-state index contributed by atoms with van der Waals surface area (Å²) in [4.78, 5) is 9.26. The Kier molecular flexibility index (Phi) is 3.19. The second kappa shape index (κ2) is 4.99. The summed E-state index contributed by atoms with van der Waals surface area (Å²) in [7, 11) is 0. The Morgan fingerprint density at radius 3 is 2.89 bits per heavy atom. The molecule has 3 rings (SSSR count). The van der Waals surface area contributed by atoms with E-state index < -0.39 is 0 Å². The second-order valence-corrected chi connectivity index (χ2v) is 5.39. The Hall–Kier alpha value is -1.91. The summed E-state index contributed by atoms with van der Waals surface area (Å²) in [6, 6.07) is 12.3. The molecule has 0 saturated carbocycles. The minimum Gasteiger partial charge on any atom is -0.342 e. The number of aromatic nitrogens is 2. The van der Waals surface area contributed by atoms with E-state index in [4.69, 9.17) is 10.7 Å². The van der Waals surface area contributed by atoms with Crippen molar-refractivity contribution in [2.45, 2.75) is 13.5 Å². The van der Waals surface area contributed by atoms with Gasteiger partial charge >= 0.3 is 0 Å². The van der Waals surface area contributed by atoms with Gasteiger partial charge in [-0.25, -0.2) is 4.98 Å². The van der Waals surface area contributed by atoms with Gasteiger partial charge < -0.3 is 10.7 Å². The zero-order valence-electron chi connectivity index (χ0n) is 10.7. The van der Waals surface area contributed by atoms with Gasteiger partial charge in [-0.2, -0.15) is 0 Å². The van der Waals surface area contributed by atoms with Gasteiger partial charge in [0.05, 0.1) is 4.88 Å². The summed E-state index contributed by atoms with van der Waals surface area (Å²) in [5.74, 6) is 0.899. The largest absolute Gasteiger partial charge is 0.342 e. The summed E-state index contributed by atoms with van der Waals surface area (Å²) in [5.41, 5.74) is 10.00. The van der Waals surface area contributed by atoms with E-state index in [0.717, 1.165) is 28.3 Å². The number of H-pyrrole nitrogens is 1. The molecule has 0 aliphatic heterocycles. The summed E-state index contributed by atoms with van der Waals surface area (Å²) < 4.78 is 0. The average Bonchev–Trinajstić information content (AvgIpc) is 3.07. The van der Waals surface area contributed by atoms with Crippen LogP contribution in [0, 0.1) is 6.92 Å². The van der Waals surface area contributed by atoms with Crippen molar-refractivity contribution < 1.29 is 0 Å². The Morgan fingerprint density at radius 2 is 2.16 bits per heavy atom. The maximum absolute atomic E-state index is 5.68. The molecule has 0 atom stereocenters. The average molecular weight is 269 g/mol. The first-order valence-electron chi connectivity index (χ1n) is 6.18. The van der Waals surface area contributed by atoms with E-state index in [1.165, 1.54) is 4.88 Å². The third-order valence-electron chi connectivity index (χ3n) is 3.08. The first kappa shape index (κ1) is 12.1. The van der Waals surface area contributed by atoms with E-state index in [0.29, 0.717) is 6.54 Å². The maximum Gasteiger partial charge on any atom is 0.138 e. The summed E-state index contributed by atoms with van der Waals surface area (Å²) in [5, 5.41) is 2.07. The van der Waals surface area contributed by atoms with Crippen molar-refractivity contribution in [1.82, 2.24) is 9.97 Å². The van der Waals surface area contributed by atoms with E-state index in [2.05, 4.69) is 35.5 Å². The zero-order chi connectivity index (χ0) is 13.2. The van der Waals surface area contributed by atoms with Gasteiger partial charge in [0.25, 0.3) is 0 Å².